The third-order valence-corrected chi connectivity index (χ3v) is 7.31. The van der Waals surface area contributed by atoms with Crippen molar-refractivity contribution in [1.29, 1.82) is 0 Å². The van der Waals surface area contributed by atoms with Gasteiger partial charge in [-0.3, -0.25) is 4.90 Å². The molecule has 4 rings (SSSR count). The zero-order chi connectivity index (χ0) is 25.3. The van der Waals surface area contributed by atoms with Crippen LogP contribution in [0.4, 0.5) is 18.0 Å². The molecule has 0 bridgehead atoms. The summed E-state index contributed by atoms with van der Waals surface area (Å²) in [5, 5.41) is 10.6. The lowest BCUT2D eigenvalue weighted by atomic mass is 9.89. The molecule has 1 saturated heterocycles. The van der Waals surface area contributed by atoms with Gasteiger partial charge in [-0.25, -0.2) is 18.0 Å². The number of benzene rings is 2. The van der Waals surface area contributed by atoms with Gasteiger partial charge in [0.15, 0.2) is 0 Å². The van der Waals surface area contributed by atoms with Crippen LogP contribution in [0.5, 0.6) is 0 Å². The van der Waals surface area contributed by atoms with E-state index in [0.29, 0.717) is 24.1 Å². The highest BCUT2D eigenvalue weighted by atomic mass is 19.1. The molecule has 0 saturated carbocycles. The summed E-state index contributed by atoms with van der Waals surface area (Å²) in [5.74, 6) is -1.22. The van der Waals surface area contributed by atoms with Gasteiger partial charge >= 0.3 is 6.03 Å². The monoisotopic (exact) mass is 487 g/mol. The Balaban J connectivity index is 1.70. The van der Waals surface area contributed by atoms with Crippen LogP contribution < -0.4 is 0 Å². The number of amides is 2. The highest BCUT2D eigenvalue weighted by molar-refractivity contribution is 5.83. The molecule has 0 radical (unpaired) electrons. The highest BCUT2D eigenvalue weighted by Gasteiger charge is 2.47. The van der Waals surface area contributed by atoms with Crippen molar-refractivity contribution in [2.45, 2.75) is 44.1 Å². The second-order valence-corrected chi connectivity index (χ2v) is 9.68. The highest BCUT2D eigenvalue weighted by Crippen LogP contribution is 2.41. The first kappa shape index (κ1) is 25.3. The molecule has 2 aromatic carbocycles. The topological polar surface area (TPSA) is 47.0 Å². The molecule has 2 aliphatic rings. The number of hydrogen-bond donors (Lipinski definition) is 1. The Morgan fingerprint density at radius 2 is 1.91 bits per heavy atom. The van der Waals surface area contributed by atoms with Crippen LogP contribution in [-0.2, 0) is 5.54 Å². The summed E-state index contributed by atoms with van der Waals surface area (Å²) in [5.41, 5.74) is -0.258. The fraction of sp³-hybridized carbons (Fsp3) is 0.444. The predicted octanol–water partition coefficient (Wildman–Crippen LogP) is 4.42. The van der Waals surface area contributed by atoms with E-state index in [1.807, 2.05) is 24.8 Å². The van der Waals surface area contributed by atoms with Crippen LogP contribution in [0.25, 0.3) is 5.57 Å². The first-order valence-corrected chi connectivity index (χ1v) is 11.9. The first-order chi connectivity index (χ1) is 16.7. The van der Waals surface area contributed by atoms with Crippen LogP contribution in [0.15, 0.2) is 54.6 Å². The Morgan fingerprint density at radius 3 is 2.54 bits per heavy atom. The molecule has 188 valence electrons. The number of aliphatic hydroxyl groups is 1. The molecule has 3 atom stereocenters. The smallest absolute Gasteiger partial charge is 0.321 e. The van der Waals surface area contributed by atoms with Crippen LogP contribution in [0.3, 0.4) is 0 Å². The zero-order valence-corrected chi connectivity index (χ0v) is 20.3. The van der Waals surface area contributed by atoms with E-state index >= 15 is 4.39 Å². The van der Waals surface area contributed by atoms with Gasteiger partial charge in [-0.2, -0.15) is 0 Å². The third kappa shape index (κ3) is 4.69. The number of halogens is 3. The molecular weight excluding hydrogens is 455 g/mol. The Bertz CT molecular complexity index is 1090. The number of urea groups is 1. The molecule has 35 heavy (non-hydrogen) atoms. The van der Waals surface area contributed by atoms with E-state index in [4.69, 9.17) is 0 Å². The van der Waals surface area contributed by atoms with Gasteiger partial charge in [0.2, 0.25) is 0 Å². The summed E-state index contributed by atoms with van der Waals surface area (Å²) in [6.07, 6.45) is 0.877. The second kappa shape index (κ2) is 10.0. The normalized spacial score (nSPS) is 25.1. The SMILES string of the molecule is CC(C)N1CCC(N(C)C(=O)N2CC(c3cc(F)ccc3F)=C[C@@]2(CO)c2ccccc2)[C@@H](F)C1. The van der Waals surface area contributed by atoms with Crippen molar-refractivity contribution >= 4 is 11.6 Å². The molecule has 1 N–H and O–H groups in total. The minimum Gasteiger partial charge on any atom is -0.393 e. The molecule has 1 unspecified atom stereocenters. The fourth-order valence-electron chi connectivity index (χ4n) is 5.21. The maximum atomic E-state index is 15.2. The Kier molecular flexibility index (Phi) is 7.24. The van der Waals surface area contributed by atoms with E-state index in [1.54, 1.807) is 37.4 Å². The number of rotatable bonds is 5. The maximum absolute atomic E-state index is 15.2. The summed E-state index contributed by atoms with van der Waals surface area (Å²) in [7, 11) is 1.57. The van der Waals surface area contributed by atoms with Crippen LogP contribution in [0, 0.1) is 11.6 Å². The van der Waals surface area contributed by atoms with E-state index < -0.39 is 42.0 Å². The first-order valence-electron chi connectivity index (χ1n) is 11.9. The Labute approximate surface area is 204 Å². The number of hydrogen-bond acceptors (Lipinski definition) is 3. The molecule has 2 heterocycles. The molecule has 0 aliphatic carbocycles. The Hall–Kier alpha value is -2.84. The van der Waals surface area contributed by atoms with Crippen molar-refractivity contribution in [2.24, 2.45) is 0 Å². The molecule has 8 heteroatoms. The van der Waals surface area contributed by atoms with Crippen LogP contribution in [0.2, 0.25) is 0 Å². The quantitative estimate of drug-likeness (QED) is 0.679. The van der Waals surface area contributed by atoms with Crippen molar-refractivity contribution in [3.63, 3.8) is 0 Å². The van der Waals surface area contributed by atoms with Crippen molar-refractivity contribution in [3.8, 4) is 0 Å². The summed E-state index contributed by atoms with van der Waals surface area (Å²) >= 11 is 0. The van der Waals surface area contributed by atoms with Gasteiger partial charge in [0, 0.05) is 38.3 Å². The van der Waals surface area contributed by atoms with Gasteiger partial charge in [0.1, 0.15) is 23.3 Å². The van der Waals surface area contributed by atoms with Crippen LogP contribution in [-0.4, -0.2) is 77.4 Å². The van der Waals surface area contributed by atoms with Gasteiger partial charge in [-0.1, -0.05) is 30.3 Å². The van der Waals surface area contributed by atoms with E-state index in [-0.39, 0.29) is 24.7 Å². The lowest BCUT2D eigenvalue weighted by Crippen LogP contribution is -2.59. The average Bonchev–Trinajstić information content (AvgIpc) is 3.26. The number of aliphatic hydroxyl groups excluding tert-OH is 1. The zero-order valence-electron chi connectivity index (χ0n) is 20.3. The molecule has 2 aliphatic heterocycles. The molecule has 2 amide bonds. The fourth-order valence-corrected chi connectivity index (χ4v) is 5.21. The molecule has 2 aromatic rings. The predicted molar refractivity (Wildman–Crippen MR) is 129 cm³/mol. The van der Waals surface area contributed by atoms with Gasteiger partial charge in [0.05, 0.1) is 12.6 Å². The van der Waals surface area contributed by atoms with Gasteiger partial charge in [-0.15, -0.1) is 0 Å². The van der Waals surface area contributed by atoms with Crippen LogP contribution >= 0.6 is 0 Å². The van der Waals surface area contributed by atoms with Crippen molar-refractivity contribution < 1.29 is 23.1 Å². The van der Waals surface area contributed by atoms with E-state index in [2.05, 4.69) is 0 Å². The molecular formula is C27H32F3N3O2. The molecule has 0 aromatic heterocycles. The van der Waals surface area contributed by atoms with E-state index in [0.717, 1.165) is 18.2 Å². The van der Waals surface area contributed by atoms with E-state index in [9.17, 15) is 18.7 Å². The largest absolute Gasteiger partial charge is 0.393 e. The standard InChI is InChI=1S/C27H32F3N3O2/c1-18(2)32-12-11-25(24(30)16-32)31(3)26(35)33-15-19(22-13-21(28)9-10-23(22)29)14-27(33,17-34)20-7-5-4-6-8-20/h4-10,13-14,18,24-25,34H,11-12,15-17H2,1-3H3/t24-,25?,27+/m0/s1. The van der Waals surface area contributed by atoms with Crippen molar-refractivity contribution in [2.75, 3.05) is 33.3 Å². The number of carbonyl (C=O) groups is 1. The maximum Gasteiger partial charge on any atom is 0.321 e. The minimum absolute atomic E-state index is 0.0327. The number of alkyl halides is 1. The Morgan fingerprint density at radius 1 is 1.20 bits per heavy atom. The number of carbonyl (C=O) groups excluding carboxylic acids is 1. The van der Waals surface area contributed by atoms with Crippen molar-refractivity contribution in [1.82, 2.24) is 14.7 Å². The number of nitrogens with zero attached hydrogens (tertiary/aromatic N) is 3. The second-order valence-electron chi connectivity index (χ2n) is 9.68. The minimum atomic E-state index is -1.30. The summed E-state index contributed by atoms with van der Waals surface area (Å²) in [6.45, 7) is 4.41. The summed E-state index contributed by atoms with van der Waals surface area (Å²) in [4.78, 5) is 18.7. The summed E-state index contributed by atoms with van der Waals surface area (Å²) < 4.78 is 43.8. The number of piperidine rings is 1. The van der Waals surface area contributed by atoms with Crippen LogP contribution in [0.1, 0.15) is 31.4 Å². The molecule has 1 fully saturated rings. The van der Waals surface area contributed by atoms with Crippen molar-refractivity contribution in [3.05, 3.63) is 77.4 Å². The van der Waals surface area contributed by atoms with E-state index in [1.165, 1.54) is 9.80 Å². The summed E-state index contributed by atoms with van der Waals surface area (Å²) in [6, 6.07) is 11.2. The lowest BCUT2D eigenvalue weighted by Gasteiger charge is -2.44. The van der Waals surface area contributed by atoms with Gasteiger partial charge < -0.3 is 14.9 Å². The molecule has 5 nitrogen and oxygen atoms in total. The van der Waals surface area contributed by atoms with Gasteiger partial charge in [0.25, 0.3) is 0 Å². The third-order valence-electron chi connectivity index (χ3n) is 7.31. The average molecular weight is 488 g/mol. The number of likely N-dealkylation sites (tertiary alicyclic amines) is 1. The molecule has 0 spiro atoms. The van der Waals surface area contributed by atoms with Gasteiger partial charge in [-0.05, 0) is 55.7 Å². The lowest BCUT2D eigenvalue weighted by molar-refractivity contribution is 0.0272.